The zero-order chi connectivity index (χ0) is 8.53. The Morgan fingerprint density at radius 3 is 2.55 bits per heavy atom. The summed E-state index contributed by atoms with van der Waals surface area (Å²) in [4.78, 5) is 0. The van der Waals surface area contributed by atoms with Crippen LogP contribution in [0.4, 0.5) is 0 Å². The maximum atomic E-state index is 9.16. The van der Waals surface area contributed by atoms with Crippen LogP contribution in [0, 0.1) is 0 Å². The van der Waals surface area contributed by atoms with Crippen LogP contribution >= 0.6 is 0 Å². The molecule has 0 aliphatic carbocycles. The van der Waals surface area contributed by atoms with Crippen LogP contribution in [0.15, 0.2) is 12.2 Å². The van der Waals surface area contributed by atoms with Gasteiger partial charge in [-0.3, -0.25) is 0 Å². The Morgan fingerprint density at radius 2 is 2.00 bits per heavy atom. The average molecular weight is 156 g/mol. The van der Waals surface area contributed by atoms with Crippen LogP contribution in [0.2, 0.25) is 0 Å². The molecule has 1 heteroatoms. The van der Waals surface area contributed by atoms with Crippen LogP contribution in [0.5, 0.6) is 0 Å². The van der Waals surface area contributed by atoms with Gasteiger partial charge in [-0.1, -0.05) is 38.8 Å². The predicted octanol–water partition coefficient (Wildman–Crippen LogP) is 2.89. The Morgan fingerprint density at radius 1 is 1.27 bits per heavy atom. The highest BCUT2D eigenvalue weighted by Crippen LogP contribution is 2.00. The van der Waals surface area contributed by atoms with E-state index in [0.717, 1.165) is 19.3 Å². The number of hydrogen-bond donors (Lipinski definition) is 1. The van der Waals surface area contributed by atoms with Crippen molar-refractivity contribution in [2.24, 2.45) is 0 Å². The molecule has 0 aromatic heterocycles. The molecule has 0 unspecified atom stereocenters. The molecule has 0 aromatic rings. The SMILES string of the molecule is CCCC/C=C\C[C@@H](O)CC. The summed E-state index contributed by atoms with van der Waals surface area (Å²) in [7, 11) is 0. The summed E-state index contributed by atoms with van der Waals surface area (Å²) < 4.78 is 0. The van der Waals surface area contributed by atoms with Crippen molar-refractivity contribution in [2.75, 3.05) is 0 Å². The fraction of sp³-hybridized carbons (Fsp3) is 0.800. The standard InChI is InChI=1S/C10H20O/c1-3-5-6-7-8-9-10(11)4-2/h7-8,10-11H,3-6,9H2,1-2H3/b8-7-/t10-/m0/s1. The third-order valence-electron chi connectivity index (χ3n) is 1.77. The lowest BCUT2D eigenvalue weighted by Crippen LogP contribution is -2.00. The molecule has 0 spiro atoms. The van der Waals surface area contributed by atoms with E-state index in [9.17, 15) is 0 Å². The maximum absolute atomic E-state index is 9.16. The Balaban J connectivity index is 3.15. The van der Waals surface area contributed by atoms with Crippen molar-refractivity contribution in [3.63, 3.8) is 0 Å². The molecule has 0 bridgehead atoms. The zero-order valence-electron chi connectivity index (χ0n) is 7.71. The number of rotatable bonds is 6. The van der Waals surface area contributed by atoms with Crippen molar-refractivity contribution in [3.8, 4) is 0 Å². The maximum Gasteiger partial charge on any atom is 0.0572 e. The van der Waals surface area contributed by atoms with E-state index in [4.69, 9.17) is 5.11 Å². The molecule has 1 nitrogen and oxygen atoms in total. The minimum atomic E-state index is -0.132. The van der Waals surface area contributed by atoms with Crippen molar-refractivity contribution in [1.29, 1.82) is 0 Å². The number of hydrogen-bond acceptors (Lipinski definition) is 1. The van der Waals surface area contributed by atoms with Crippen LogP contribution < -0.4 is 0 Å². The normalized spacial score (nSPS) is 14.1. The smallest absolute Gasteiger partial charge is 0.0572 e. The Bertz CT molecular complexity index is 97.0. The van der Waals surface area contributed by atoms with E-state index in [0.29, 0.717) is 0 Å². The molecule has 0 saturated carbocycles. The van der Waals surface area contributed by atoms with Crippen LogP contribution in [-0.4, -0.2) is 11.2 Å². The van der Waals surface area contributed by atoms with E-state index >= 15 is 0 Å². The molecule has 0 heterocycles. The topological polar surface area (TPSA) is 20.2 Å². The molecule has 1 atom stereocenters. The lowest BCUT2D eigenvalue weighted by Gasteiger charge is -2.01. The highest BCUT2D eigenvalue weighted by atomic mass is 16.3. The van der Waals surface area contributed by atoms with Gasteiger partial charge in [0.05, 0.1) is 6.10 Å². The molecule has 0 fully saturated rings. The van der Waals surface area contributed by atoms with Gasteiger partial charge in [0.15, 0.2) is 0 Å². The van der Waals surface area contributed by atoms with Crippen molar-refractivity contribution in [1.82, 2.24) is 0 Å². The Kier molecular flexibility index (Phi) is 7.59. The second-order valence-corrected chi connectivity index (χ2v) is 2.91. The molecule has 0 radical (unpaired) electrons. The van der Waals surface area contributed by atoms with Crippen LogP contribution in [0.3, 0.4) is 0 Å². The molecule has 0 aliphatic heterocycles. The summed E-state index contributed by atoms with van der Waals surface area (Å²) in [6.45, 7) is 4.19. The minimum Gasteiger partial charge on any atom is -0.393 e. The van der Waals surface area contributed by atoms with Gasteiger partial charge in [0.25, 0.3) is 0 Å². The second kappa shape index (κ2) is 7.80. The lowest BCUT2D eigenvalue weighted by molar-refractivity contribution is 0.173. The first-order valence-electron chi connectivity index (χ1n) is 4.64. The quantitative estimate of drug-likeness (QED) is 0.463. The van der Waals surface area contributed by atoms with E-state index in [1.165, 1.54) is 12.8 Å². The highest BCUT2D eigenvalue weighted by Gasteiger charge is 1.94. The number of aliphatic hydroxyl groups is 1. The zero-order valence-corrected chi connectivity index (χ0v) is 7.71. The van der Waals surface area contributed by atoms with Gasteiger partial charge in [-0.05, 0) is 19.3 Å². The van der Waals surface area contributed by atoms with Gasteiger partial charge in [0.2, 0.25) is 0 Å². The van der Waals surface area contributed by atoms with E-state index in [1.807, 2.05) is 6.92 Å². The molecular weight excluding hydrogens is 136 g/mol. The van der Waals surface area contributed by atoms with Gasteiger partial charge in [0.1, 0.15) is 0 Å². The predicted molar refractivity (Wildman–Crippen MR) is 49.6 cm³/mol. The monoisotopic (exact) mass is 156 g/mol. The van der Waals surface area contributed by atoms with Crippen LogP contribution in [0.1, 0.15) is 46.0 Å². The number of unbranched alkanes of at least 4 members (excludes halogenated alkanes) is 2. The molecule has 0 aliphatic rings. The van der Waals surface area contributed by atoms with Gasteiger partial charge < -0.3 is 5.11 Å². The van der Waals surface area contributed by atoms with Gasteiger partial charge in [-0.25, -0.2) is 0 Å². The largest absolute Gasteiger partial charge is 0.393 e. The summed E-state index contributed by atoms with van der Waals surface area (Å²) in [5.41, 5.74) is 0. The summed E-state index contributed by atoms with van der Waals surface area (Å²) in [5.74, 6) is 0. The first-order chi connectivity index (χ1) is 5.31. The molecule has 0 amide bonds. The first-order valence-corrected chi connectivity index (χ1v) is 4.64. The van der Waals surface area contributed by atoms with Gasteiger partial charge in [-0.15, -0.1) is 0 Å². The first kappa shape index (κ1) is 10.7. The minimum absolute atomic E-state index is 0.132. The number of allylic oxidation sites excluding steroid dienone is 1. The molecule has 1 N–H and O–H groups in total. The third kappa shape index (κ3) is 7.60. The molecule has 0 saturated heterocycles. The molecule has 66 valence electrons. The summed E-state index contributed by atoms with van der Waals surface area (Å²) in [5, 5.41) is 9.16. The van der Waals surface area contributed by atoms with E-state index in [1.54, 1.807) is 0 Å². The lowest BCUT2D eigenvalue weighted by atomic mass is 10.1. The summed E-state index contributed by atoms with van der Waals surface area (Å²) >= 11 is 0. The average Bonchev–Trinajstić information content (AvgIpc) is 2.04. The molecule has 0 rings (SSSR count). The fourth-order valence-corrected chi connectivity index (χ4v) is 0.860. The second-order valence-electron chi connectivity index (χ2n) is 2.91. The van der Waals surface area contributed by atoms with Crippen molar-refractivity contribution < 1.29 is 5.11 Å². The van der Waals surface area contributed by atoms with E-state index < -0.39 is 0 Å². The molecule has 0 aromatic carbocycles. The van der Waals surface area contributed by atoms with Crippen LogP contribution in [-0.2, 0) is 0 Å². The van der Waals surface area contributed by atoms with Gasteiger partial charge >= 0.3 is 0 Å². The summed E-state index contributed by atoms with van der Waals surface area (Å²) in [6, 6.07) is 0. The van der Waals surface area contributed by atoms with Crippen molar-refractivity contribution in [3.05, 3.63) is 12.2 Å². The fourth-order valence-electron chi connectivity index (χ4n) is 0.860. The van der Waals surface area contributed by atoms with Gasteiger partial charge in [-0.2, -0.15) is 0 Å². The van der Waals surface area contributed by atoms with E-state index in [2.05, 4.69) is 19.1 Å². The third-order valence-corrected chi connectivity index (χ3v) is 1.77. The van der Waals surface area contributed by atoms with Crippen molar-refractivity contribution >= 4 is 0 Å². The van der Waals surface area contributed by atoms with Gasteiger partial charge in [0, 0.05) is 0 Å². The Labute approximate surface area is 70.1 Å². The highest BCUT2D eigenvalue weighted by molar-refractivity contribution is 4.83. The van der Waals surface area contributed by atoms with E-state index in [-0.39, 0.29) is 6.10 Å². The molecular formula is C10H20O. The Hall–Kier alpha value is -0.300. The van der Waals surface area contributed by atoms with Crippen molar-refractivity contribution in [2.45, 2.75) is 52.1 Å². The summed E-state index contributed by atoms with van der Waals surface area (Å²) in [6.07, 6.45) is 9.48. The molecule has 11 heavy (non-hydrogen) atoms. The number of aliphatic hydroxyl groups excluding tert-OH is 1. The van der Waals surface area contributed by atoms with Crippen LogP contribution in [0.25, 0.3) is 0 Å².